The highest BCUT2D eigenvalue weighted by atomic mass is 19.3. The first kappa shape index (κ1) is 23.9. The molecule has 0 spiro atoms. The van der Waals surface area contributed by atoms with Crippen molar-refractivity contribution < 1.29 is 13.5 Å². The van der Waals surface area contributed by atoms with Crippen LogP contribution in [-0.4, -0.2) is 51.6 Å². The Hall–Kier alpha value is -3.79. The van der Waals surface area contributed by atoms with Crippen LogP contribution in [0.4, 0.5) is 14.7 Å². The van der Waals surface area contributed by atoms with Crippen LogP contribution in [0.25, 0.3) is 22.0 Å². The van der Waals surface area contributed by atoms with Crippen LogP contribution in [0.15, 0.2) is 53.6 Å². The number of aromatic nitrogens is 4. The Labute approximate surface area is 207 Å². The second-order valence-electron chi connectivity index (χ2n) is 9.18. The van der Waals surface area contributed by atoms with E-state index in [1.807, 2.05) is 19.1 Å². The molecule has 1 unspecified atom stereocenters. The highest BCUT2D eigenvalue weighted by Crippen LogP contribution is 2.27. The molecule has 0 aliphatic carbocycles. The second kappa shape index (κ2) is 9.69. The largest absolute Gasteiger partial charge is 0.434 e. The fourth-order valence-electron chi connectivity index (χ4n) is 4.69. The summed E-state index contributed by atoms with van der Waals surface area (Å²) in [6.07, 6.45) is 3.58. The van der Waals surface area contributed by atoms with Gasteiger partial charge in [-0.15, -0.1) is 0 Å². The van der Waals surface area contributed by atoms with Crippen LogP contribution >= 0.6 is 0 Å². The lowest BCUT2D eigenvalue weighted by molar-refractivity contribution is -0.0505. The maximum absolute atomic E-state index is 13.0. The smallest absolute Gasteiger partial charge is 0.387 e. The molecule has 2 aromatic heterocycles. The van der Waals surface area contributed by atoms with E-state index in [0.717, 1.165) is 36.3 Å². The topological polar surface area (TPSA) is 77.2 Å². The monoisotopic (exact) mass is 494 g/mol. The van der Waals surface area contributed by atoms with E-state index in [-0.39, 0.29) is 17.9 Å². The molecule has 10 heteroatoms. The second-order valence-corrected chi connectivity index (χ2v) is 9.18. The third-order valence-electron chi connectivity index (χ3n) is 6.54. The van der Waals surface area contributed by atoms with Crippen LogP contribution in [0.3, 0.4) is 0 Å². The number of anilines is 1. The molecule has 188 valence electrons. The minimum Gasteiger partial charge on any atom is -0.434 e. The number of nitrogens with one attached hydrogen (secondary N) is 1. The summed E-state index contributed by atoms with van der Waals surface area (Å²) in [5.74, 6) is 0.781. The van der Waals surface area contributed by atoms with E-state index in [1.54, 1.807) is 42.3 Å². The van der Waals surface area contributed by atoms with E-state index in [1.165, 1.54) is 10.7 Å². The number of rotatable bonds is 6. The van der Waals surface area contributed by atoms with E-state index < -0.39 is 6.61 Å². The van der Waals surface area contributed by atoms with E-state index in [0.29, 0.717) is 28.5 Å². The summed E-state index contributed by atoms with van der Waals surface area (Å²) in [6, 6.07) is 11.0. The number of hydrogen-bond acceptors (Lipinski definition) is 6. The fourth-order valence-corrected chi connectivity index (χ4v) is 4.69. The summed E-state index contributed by atoms with van der Waals surface area (Å²) in [5.41, 5.74) is 3.67. The third-order valence-corrected chi connectivity index (χ3v) is 6.54. The molecule has 0 radical (unpaired) electrons. The summed E-state index contributed by atoms with van der Waals surface area (Å²) < 4.78 is 34.0. The lowest BCUT2D eigenvalue weighted by Gasteiger charge is -2.31. The van der Waals surface area contributed by atoms with Crippen LogP contribution in [0.1, 0.15) is 18.1 Å². The molecule has 0 bridgehead atoms. The van der Waals surface area contributed by atoms with Crippen molar-refractivity contribution in [2.45, 2.75) is 33.0 Å². The summed E-state index contributed by atoms with van der Waals surface area (Å²) in [7, 11) is 1.66. The zero-order chi connectivity index (χ0) is 25.4. The van der Waals surface area contributed by atoms with Gasteiger partial charge in [0.25, 0.3) is 5.56 Å². The van der Waals surface area contributed by atoms with Crippen LogP contribution in [0.5, 0.6) is 5.75 Å². The first-order chi connectivity index (χ1) is 17.3. The zero-order valence-electron chi connectivity index (χ0n) is 20.4. The summed E-state index contributed by atoms with van der Waals surface area (Å²) >= 11 is 0. The first-order valence-corrected chi connectivity index (χ1v) is 11.8. The lowest BCUT2D eigenvalue weighted by Crippen LogP contribution is -2.49. The third kappa shape index (κ3) is 4.68. The number of halogens is 2. The standard InChI is InChI=1S/C26H28F2N6O2/c1-16-4-7-23(36-25(27)28)19(10-16)15-34-22-11-18(5-6-21(22)24(35)32(34)3)20-12-30-26(31-13-20)33-9-8-29-17(2)14-33/h4-7,10-13,17,25,29H,8-9,14-15H2,1-3H3. The van der Waals surface area contributed by atoms with Gasteiger partial charge in [0.05, 0.1) is 17.4 Å². The van der Waals surface area contributed by atoms with Crippen LogP contribution in [0.2, 0.25) is 0 Å². The zero-order valence-corrected chi connectivity index (χ0v) is 20.4. The summed E-state index contributed by atoms with van der Waals surface area (Å²) in [4.78, 5) is 24.2. The van der Waals surface area contributed by atoms with Gasteiger partial charge in [0, 0.05) is 56.2 Å². The molecule has 0 saturated carbocycles. The Morgan fingerprint density at radius 2 is 1.92 bits per heavy atom. The quantitative estimate of drug-likeness (QED) is 0.442. The number of piperazine rings is 1. The molecule has 4 aromatic rings. The van der Waals surface area contributed by atoms with Gasteiger partial charge in [-0.2, -0.15) is 8.78 Å². The Bertz CT molecular complexity index is 1450. The van der Waals surface area contributed by atoms with Crippen LogP contribution < -0.4 is 20.5 Å². The molecular weight excluding hydrogens is 466 g/mol. The first-order valence-electron chi connectivity index (χ1n) is 11.8. The molecule has 1 N–H and O–H groups in total. The molecule has 1 fully saturated rings. The van der Waals surface area contributed by atoms with Gasteiger partial charge in [0.15, 0.2) is 0 Å². The Balaban J connectivity index is 1.50. The Morgan fingerprint density at radius 3 is 2.64 bits per heavy atom. The highest BCUT2D eigenvalue weighted by molar-refractivity contribution is 5.84. The molecule has 3 heterocycles. The van der Waals surface area contributed by atoms with E-state index in [9.17, 15) is 13.6 Å². The predicted molar refractivity (Wildman–Crippen MR) is 135 cm³/mol. The molecule has 0 amide bonds. The average molecular weight is 495 g/mol. The highest BCUT2D eigenvalue weighted by Gasteiger charge is 2.19. The maximum Gasteiger partial charge on any atom is 0.387 e. The fraction of sp³-hybridized carbons (Fsp3) is 0.346. The molecular formula is C26H28F2N6O2. The molecule has 1 aliphatic heterocycles. The number of benzene rings is 2. The molecule has 5 rings (SSSR count). The van der Waals surface area contributed by atoms with Crippen molar-refractivity contribution in [1.29, 1.82) is 0 Å². The van der Waals surface area contributed by atoms with Gasteiger partial charge in [0.2, 0.25) is 5.95 Å². The van der Waals surface area contributed by atoms with Crippen molar-refractivity contribution in [2.75, 3.05) is 24.5 Å². The van der Waals surface area contributed by atoms with Crippen molar-refractivity contribution >= 4 is 16.9 Å². The Kier molecular flexibility index (Phi) is 6.44. The van der Waals surface area contributed by atoms with Crippen molar-refractivity contribution in [3.8, 4) is 16.9 Å². The van der Waals surface area contributed by atoms with Gasteiger partial charge < -0.3 is 15.0 Å². The molecule has 1 atom stereocenters. The molecule has 8 nitrogen and oxygen atoms in total. The predicted octanol–water partition coefficient (Wildman–Crippen LogP) is 3.55. The minimum atomic E-state index is -2.93. The SMILES string of the molecule is Cc1ccc(OC(F)F)c(Cn2c3cc(-c4cnc(N5CCNC(C)C5)nc4)ccc3c(=O)n2C)c1. The van der Waals surface area contributed by atoms with Crippen LogP contribution in [-0.2, 0) is 13.6 Å². The maximum atomic E-state index is 13.0. The van der Waals surface area contributed by atoms with E-state index >= 15 is 0 Å². The molecule has 1 saturated heterocycles. The van der Waals surface area contributed by atoms with Crippen molar-refractivity contribution in [3.05, 3.63) is 70.3 Å². The van der Waals surface area contributed by atoms with Gasteiger partial charge in [0.1, 0.15) is 5.75 Å². The van der Waals surface area contributed by atoms with E-state index in [2.05, 4.69) is 27.1 Å². The number of alkyl halides is 2. The van der Waals surface area contributed by atoms with Crippen molar-refractivity contribution in [2.24, 2.45) is 7.05 Å². The number of aryl methyl sites for hydroxylation is 1. The molecule has 36 heavy (non-hydrogen) atoms. The molecule has 1 aliphatic rings. The van der Waals surface area contributed by atoms with Gasteiger partial charge >= 0.3 is 6.61 Å². The van der Waals surface area contributed by atoms with Crippen LogP contribution in [0, 0.1) is 6.92 Å². The Morgan fingerprint density at radius 1 is 1.14 bits per heavy atom. The molecule has 2 aromatic carbocycles. The lowest BCUT2D eigenvalue weighted by atomic mass is 10.1. The van der Waals surface area contributed by atoms with E-state index in [4.69, 9.17) is 4.74 Å². The van der Waals surface area contributed by atoms with Crippen molar-refractivity contribution in [1.82, 2.24) is 24.6 Å². The van der Waals surface area contributed by atoms with Gasteiger partial charge in [-0.3, -0.25) is 14.2 Å². The normalized spacial score (nSPS) is 16.2. The van der Waals surface area contributed by atoms with Gasteiger partial charge in [-0.1, -0.05) is 23.8 Å². The number of hydrogen-bond donors (Lipinski definition) is 1. The van der Waals surface area contributed by atoms with Crippen molar-refractivity contribution in [3.63, 3.8) is 0 Å². The van der Waals surface area contributed by atoms with Gasteiger partial charge in [-0.05, 0) is 37.6 Å². The summed E-state index contributed by atoms with van der Waals surface area (Å²) in [6.45, 7) is 3.86. The minimum absolute atomic E-state index is 0.0901. The number of fused-ring (bicyclic) bond motifs is 1. The summed E-state index contributed by atoms with van der Waals surface area (Å²) in [5, 5.41) is 3.95. The average Bonchev–Trinajstić information content (AvgIpc) is 3.10. The number of nitrogens with zero attached hydrogens (tertiary/aromatic N) is 5. The number of ether oxygens (including phenoxy) is 1. The van der Waals surface area contributed by atoms with Gasteiger partial charge in [-0.25, -0.2) is 9.97 Å².